The molecule has 27 heavy (non-hydrogen) atoms. The second kappa shape index (κ2) is 8.90. The van der Waals surface area contributed by atoms with Gasteiger partial charge in [0.1, 0.15) is 10.3 Å². The lowest BCUT2D eigenvalue weighted by Crippen LogP contribution is -2.39. The van der Waals surface area contributed by atoms with Gasteiger partial charge in [-0.1, -0.05) is 37.3 Å². The van der Waals surface area contributed by atoms with Crippen molar-refractivity contribution in [3.05, 3.63) is 69.6 Å². The first-order valence-electron chi connectivity index (χ1n) is 8.44. The maximum Gasteiger partial charge on any atom is 0.343 e. The van der Waals surface area contributed by atoms with Crippen LogP contribution in [-0.4, -0.2) is 37.0 Å². The highest BCUT2D eigenvalue weighted by molar-refractivity contribution is 8.00. The van der Waals surface area contributed by atoms with E-state index in [1.165, 1.54) is 30.5 Å². The zero-order valence-corrected chi connectivity index (χ0v) is 16.7. The number of nitrogens with zero attached hydrogens (tertiary/aromatic N) is 1. The largest absolute Gasteiger partial charge is 0.468 e. The van der Waals surface area contributed by atoms with Gasteiger partial charge in [0.05, 0.1) is 20.8 Å². The third kappa shape index (κ3) is 3.93. The van der Waals surface area contributed by atoms with Gasteiger partial charge in [-0.2, -0.15) is 0 Å². The Morgan fingerprint density at radius 3 is 2.30 bits per heavy atom. The average molecular weight is 389 g/mol. The number of pyridine rings is 1. The second-order valence-corrected chi connectivity index (χ2v) is 7.00. The highest BCUT2D eigenvalue weighted by atomic mass is 32.2. The monoisotopic (exact) mass is 389 g/mol. The highest BCUT2D eigenvalue weighted by Crippen LogP contribution is 2.40. The van der Waals surface area contributed by atoms with Gasteiger partial charge >= 0.3 is 11.9 Å². The van der Waals surface area contributed by atoms with Gasteiger partial charge in [-0.15, -0.1) is 11.8 Å². The molecule has 0 radical (unpaired) electrons. The lowest BCUT2D eigenvalue weighted by molar-refractivity contribution is -0.143. The Morgan fingerprint density at radius 2 is 1.78 bits per heavy atom. The number of benzene rings is 1. The number of hydrogen-bond donors (Lipinski definition) is 0. The molecule has 6 nitrogen and oxygen atoms in total. The Labute approximate surface area is 162 Å². The van der Waals surface area contributed by atoms with Crippen molar-refractivity contribution in [2.45, 2.75) is 24.6 Å². The topological polar surface area (TPSA) is 74.6 Å². The first kappa shape index (κ1) is 20.8. The van der Waals surface area contributed by atoms with Crippen LogP contribution in [0.5, 0.6) is 0 Å². The molecule has 0 N–H and O–H groups in total. The molecule has 1 heterocycles. The summed E-state index contributed by atoms with van der Waals surface area (Å²) in [4.78, 5) is 38.1. The van der Waals surface area contributed by atoms with Crippen molar-refractivity contribution in [3.63, 3.8) is 0 Å². The third-order valence-electron chi connectivity index (χ3n) is 4.55. The van der Waals surface area contributed by atoms with Crippen LogP contribution >= 0.6 is 11.8 Å². The van der Waals surface area contributed by atoms with Crippen molar-refractivity contribution in [3.8, 4) is 0 Å². The van der Waals surface area contributed by atoms with Crippen LogP contribution in [0.2, 0.25) is 0 Å². The van der Waals surface area contributed by atoms with Gasteiger partial charge in [0, 0.05) is 11.8 Å². The minimum Gasteiger partial charge on any atom is -0.468 e. The van der Waals surface area contributed by atoms with Crippen molar-refractivity contribution in [1.29, 1.82) is 0 Å². The van der Waals surface area contributed by atoms with E-state index in [1.54, 1.807) is 18.5 Å². The SMILES string of the molecule is CCC(SC)(C(=O)OC)c1ccn(Cc2ccccc2)c(=O)c1C(=O)OC. The van der Waals surface area contributed by atoms with Gasteiger partial charge in [0.25, 0.3) is 5.56 Å². The standard InChI is InChI=1S/C20H23NO5S/c1-5-20(27-4,19(24)26-3)15-11-12-21(13-14-9-7-6-8-10-14)17(22)16(15)18(23)25-2/h6-12H,5,13H2,1-4H3. The van der Waals surface area contributed by atoms with Crippen LogP contribution in [-0.2, 0) is 25.6 Å². The van der Waals surface area contributed by atoms with E-state index in [-0.39, 0.29) is 5.56 Å². The maximum absolute atomic E-state index is 13.1. The lowest BCUT2D eigenvalue weighted by Gasteiger charge is -2.29. The smallest absolute Gasteiger partial charge is 0.343 e. The summed E-state index contributed by atoms with van der Waals surface area (Å²) in [6.07, 6.45) is 3.70. The summed E-state index contributed by atoms with van der Waals surface area (Å²) >= 11 is 1.23. The predicted octanol–water partition coefficient (Wildman–Crippen LogP) is 2.82. The number of esters is 2. The van der Waals surface area contributed by atoms with Crippen molar-refractivity contribution in [2.75, 3.05) is 20.5 Å². The Morgan fingerprint density at radius 1 is 1.11 bits per heavy atom. The number of thioether (sulfide) groups is 1. The minimum absolute atomic E-state index is 0.141. The van der Waals surface area contributed by atoms with E-state index < -0.39 is 22.2 Å². The van der Waals surface area contributed by atoms with Crippen molar-refractivity contribution in [2.24, 2.45) is 0 Å². The first-order chi connectivity index (χ1) is 12.9. The summed E-state index contributed by atoms with van der Waals surface area (Å²) in [6.45, 7) is 2.12. The molecule has 2 aromatic rings. The van der Waals surface area contributed by atoms with Gasteiger partial charge in [-0.05, 0) is 24.3 Å². The number of ether oxygens (including phenoxy) is 2. The van der Waals surface area contributed by atoms with Crippen LogP contribution in [0.4, 0.5) is 0 Å². The summed E-state index contributed by atoms with van der Waals surface area (Å²) in [6, 6.07) is 11.1. The Balaban J connectivity index is 2.69. The zero-order valence-electron chi connectivity index (χ0n) is 15.9. The molecule has 7 heteroatoms. The number of hydrogen-bond acceptors (Lipinski definition) is 6. The molecule has 0 aliphatic carbocycles. The maximum atomic E-state index is 13.1. The molecule has 0 spiro atoms. The summed E-state index contributed by atoms with van der Waals surface area (Å²) in [7, 11) is 2.50. The van der Waals surface area contributed by atoms with Gasteiger partial charge in [-0.3, -0.25) is 9.59 Å². The van der Waals surface area contributed by atoms with E-state index in [0.717, 1.165) is 5.56 Å². The molecule has 1 atom stereocenters. The third-order valence-corrected chi connectivity index (χ3v) is 5.92. The fourth-order valence-corrected chi connectivity index (χ4v) is 3.99. The molecule has 0 aliphatic rings. The molecular weight excluding hydrogens is 366 g/mol. The number of carbonyl (C=O) groups is 2. The van der Waals surface area contributed by atoms with Crippen LogP contribution in [0.3, 0.4) is 0 Å². The van der Waals surface area contributed by atoms with E-state index in [2.05, 4.69) is 0 Å². The molecular formula is C20H23NO5S. The van der Waals surface area contributed by atoms with Crippen molar-refractivity contribution < 1.29 is 19.1 Å². The molecule has 2 rings (SSSR count). The van der Waals surface area contributed by atoms with Crippen molar-refractivity contribution >= 4 is 23.7 Å². The van der Waals surface area contributed by atoms with Crippen molar-refractivity contribution in [1.82, 2.24) is 4.57 Å². The van der Waals surface area contributed by atoms with Gasteiger partial charge in [-0.25, -0.2) is 4.79 Å². The predicted molar refractivity (Wildman–Crippen MR) is 105 cm³/mol. The summed E-state index contributed by atoms with van der Waals surface area (Å²) in [5.74, 6) is -1.28. The number of carbonyl (C=O) groups excluding carboxylic acids is 2. The fraction of sp³-hybridized carbons (Fsp3) is 0.350. The average Bonchev–Trinajstić information content (AvgIpc) is 2.71. The molecule has 0 bridgehead atoms. The normalized spacial score (nSPS) is 12.9. The zero-order chi connectivity index (χ0) is 20.0. The number of rotatable bonds is 7. The molecule has 0 saturated heterocycles. The van der Waals surface area contributed by atoms with Gasteiger partial charge in [0.2, 0.25) is 0 Å². The first-order valence-corrected chi connectivity index (χ1v) is 9.67. The molecule has 0 fully saturated rings. The summed E-state index contributed by atoms with van der Waals surface area (Å²) < 4.78 is 10.1. The van der Waals surface area contributed by atoms with E-state index in [9.17, 15) is 14.4 Å². The van der Waals surface area contributed by atoms with Crippen LogP contribution < -0.4 is 5.56 Å². The van der Waals surface area contributed by atoms with E-state index in [1.807, 2.05) is 37.3 Å². The van der Waals surface area contributed by atoms with Gasteiger partial charge in [0.15, 0.2) is 0 Å². The Kier molecular flexibility index (Phi) is 6.85. The molecule has 0 aliphatic heterocycles. The lowest BCUT2D eigenvalue weighted by atomic mass is 9.92. The molecule has 1 aromatic heterocycles. The van der Waals surface area contributed by atoms with Gasteiger partial charge < -0.3 is 14.0 Å². The second-order valence-electron chi connectivity index (χ2n) is 5.89. The van der Waals surface area contributed by atoms with Crippen LogP contribution in [0.25, 0.3) is 0 Å². The molecule has 1 aromatic carbocycles. The Bertz CT molecular complexity index is 872. The molecule has 144 valence electrons. The van der Waals surface area contributed by atoms with E-state index in [0.29, 0.717) is 18.5 Å². The summed E-state index contributed by atoms with van der Waals surface area (Å²) in [5, 5.41) is 0. The quantitative estimate of drug-likeness (QED) is 0.678. The van der Waals surface area contributed by atoms with E-state index in [4.69, 9.17) is 9.47 Å². The number of methoxy groups -OCH3 is 2. The molecule has 0 amide bonds. The van der Waals surface area contributed by atoms with E-state index >= 15 is 0 Å². The Hall–Kier alpha value is -2.54. The van der Waals surface area contributed by atoms with Crippen LogP contribution in [0.15, 0.2) is 47.4 Å². The molecule has 1 unspecified atom stereocenters. The molecule has 0 saturated carbocycles. The highest BCUT2D eigenvalue weighted by Gasteiger charge is 2.43. The fourth-order valence-electron chi connectivity index (χ4n) is 3.06. The summed E-state index contributed by atoms with van der Waals surface area (Å²) in [5.41, 5.74) is 0.588. The van der Waals surface area contributed by atoms with Crippen LogP contribution in [0, 0.1) is 0 Å². The number of aromatic nitrogens is 1. The van der Waals surface area contributed by atoms with Crippen LogP contribution in [0.1, 0.15) is 34.8 Å². The minimum atomic E-state index is -1.16.